The number of alkyl carbamates (subject to hydrolysis) is 1. The van der Waals surface area contributed by atoms with Gasteiger partial charge in [0.05, 0.1) is 12.7 Å². The molecule has 0 aliphatic heterocycles. The lowest BCUT2D eigenvalue weighted by Crippen LogP contribution is -2.58. The molecule has 2 fully saturated rings. The van der Waals surface area contributed by atoms with Gasteiger partial charge in [-0.15, -0.1) is 10.2 Å². The monoisotopic (exact) mass is 557 g/mol. The summed E-state index contributed by atoms with van der Waals surface area (Å²) in [6.07, 6.45) is 4.25. The smallest absolute Gasteiger partial charge is 0.407 e. The van der Waals surface area contributed by atoms with Gasteiger partial charge in [0, 0.05) is 28.6 Å². The van der Waals surface area contributed by atoms with E-state index in [0.29, 0.717) is 30.8 Å². The Morgan fingerprint density at radius 3 is 2.27 bits per heavy atom. The Hall–Kier alpha value is -3.82. The first-order valence-electron chi connectivity index (χ1n) is 14.2. The first-order valence-corrected chi connectivity index (χ1v) is 14.2. The zero-order chi connectivity index (χ0) is 29.3. The summed E-state index contributed by atoms with van der Waals surface area (Å²) in [6.45, 7) is 3.83. The number of ether oxygens (including phenoxy) is 1. The Morgan fingerprint density at radius 1 is 1.00 bits per heavy atom. The number of nitrogens with zero attached hydrogens (tertiary/aromatic N) is 2. The van der Waals surface area contributed by atoms with Gasteiger partial charge in [0.1, 0.15) is 5.69 Å². The second-order valence-corrected chi connectivity index (χ2v) is 12.3. The van der Waals surface area contributed by atoms with Crippen LogP contribution in [-0.4, -0.2) is 45.6 Å². The molecule has 0 bridgehead atoms. The van der Waals surface area contributed by atoms with Crippen molar-refractivity contribution in [3.05, 3.63) is 66.2 Å². The summed E-state index contributed by atoms with van der Waals surface area (Å²) in [4.78, 5) is 24.6. The molecule has 0 saturated heterocycles. The highest BCUT2D eigenvalue weighted by Gasteiger charge is 2.49. The molecule has 2 saturated carbocycles. The van der Waals surface area contributed by atoms with E-state index in [2.05, 4.69) is 20.8 Å². The largest absolute Gasteiger partial charge is 0.453 e. The van der Waals surface area contributed by atoms with E-state index in [4.69, 9.17) is 10.5 Å². The molecule has 0 unspecified atom stereocenters. The van der Waals surface area contributed by atoms with Crippen molar-refractivity contribution in [1.29, 1.82) is 0 Å². The van der Waals surface area contributed by atoms with Gasteiger partial charge in [0.2, 0.25) is 5.91 Å². The predicted octanol–water partition coefficient (Wildman–Crippen LogP) is 5.14. The number of rotatable bonds is 7. The lowest BCUT2D eigenvalue weighted by atomic mass is 9.63. The zero-order valence-corrected chi connectivity index (χ0v) is 23.9. The molecule has 2 aliphatic rings. The van der Waals surface area contributed by atoms with Crippen molar-refractivity contribution in [3.8, 4) is 22.4 Å². The fraction of sp³-hybridized carbons (Fsp3) is 0.438. The molecule has 9 nitrogen and oxygen atoms in total. The minimum atomic E-state index is -0.723. The molecule has 5 rings (SSSR count). The van der Waals surface area contributed by atoms with Gasteiger partial charge in [-0.3, -0.25) is 4.79 Å². The van der Waals surface area contributed by atoms with Gasteiger partial charge >= 0.3 is 6.09 Å². The quantitative estimate of drug-likeness (QED) is 0.315. The molecule has 1 aromatic heterocycles. The van der Waals surface area contributed by atoms with E-state index in [9.17, 15) is 14.7 Å². The Kier molecular flexibility index (Phi) is 7.85. The van der Waals surface area contributed by atoms with E-state index in [0.717, 1.165) is 47.9 Å². The van der Waals surface area contributed by atoms with E-state index in [1.807, 2.05) is 74.5 Å². The molecule has 216 valence electrons. The van der Waals surface area contributed by atoms with Gasteiger partial charge in [-0.1, -0.05) is 54.6 Å². The number of amides is 2. The van der Waals surface area contributed by atoms with Crippen molar-refractivity contribution in [2.24, 2.45) is 11.7 Å². The predicted molar refractivity (Wildman–Crippen MR) is 158 cm³/mol. The summed E-state index contributed by atoms with van der Waals surface area (Å²) in [7, 11) is 1.36. The highest BCUT2D eigenvalue weighted by molar-refractivity contribution is 5.91. The van der Waals surface area contributed by atoms with Crippen molar-refractivity contribution in [3.63, 3.8) is 0 Å². The fourth-order valence-electron chi connectivity index (χ4n) is 6.37. The molecule has 2 aromatic carbocycles. The number of anilines is 1. The van der Waals surface area contributed by atoms with E-state index < -0.39 is 17.2 Å². The van der Waals surface area contributed by atoms with Crippen LogP contribution in [0, 0.1) is 5.92 Å². The van der Waals surface area contributed by atoms with E-state index in [1.54, 1.807) is 0 Å². The summed E-state index contributed by atoms with van der Waals surface area (Å²) in [5.74, 6) is 0.529. The van der Waals surface area contributed by atoms with Crippen LogP contribution >= 0.6 is 0 Å². The fourth-order valence-corrected chi connectivity index (χ4v) is 6.37. The van der Waals surface area contributed by atoms with Crippen LogP contribution in [0.25, 0.3) is 22.4 Å². The minimum Gasteiger partial charge on any atom is -0.453 e. The number of carbonyl (C=O) groups excluding carboxylic acids is 2. The number of aliphatic hydroxyl groups is 1. The number of hydrogen-bond donors (Lipinski definition) is 4. The zero-order valence-electron chi connectivity index (χ0n) is 23.9. The Bertz CT molecular complexity index is 1390. The molecule has 3 aromatic rings. The molecule has 0 radical (unpaired) electrons. The maximum Gasteiger partial charge on any atom is 0.407 e. The maximum atomic E-state index is 13.0. The van der Waals surface area contributed by atoms with Gasteiger partial charge in [0.15, 0.2) is 5.82 Å². The topological polar surface area (TPSA) is 139 Å². The first-order chi connectivity index (χ1) is 19.5. The lowest BCUT2D eigenvalue weighted by Gasteiger charge is -2.49. The first kappa shape index (κ1) is 28.7. The third kappa shape index (κ3) is 6.57. The maximum absolute atomic E-state index is 13.0. The number of nitrogens with two attached hydrogens (primary N) is 1. The standard InChI is InChI=1S/C32H39N5O4/c1-30(35-29(39)41-3)15-13-21(14-16-30)17-27(38)34-26-18-25(22-7-5-4-6-8-22)28(37-36-26)23-9-11-24(12-10-23)32(33)19-31(2,40)20-32/h4-12,18,21,40H,13-17,19-20,33H2,1-3H3,(H,35,39)(H,34,36,38). The van der Waals surface area contributed by atoms with Crippen LogP contribution < -0.4 is 16.4 Å². The molecule has 2 amide bonds. The summed E-state index contributed by atoms with van der Waals surface area (Å²) >= 11 is 0. The van der Waals surface area contributed by atoms with Gasteiger partial charge in [-0.05, 0) is 75.5 Å². The Balaban J connectivity index is 1.29. The molecule has 5 N–H and O–H groups in total. The number of aromatic nitrogens is 2. The summed E-state index contributed by atoms with van der Waals surface area (Å²) in [5.41, 5.74) is 9.37. The third-order valence-electron chi connectivity index (χ3n) is 8.54. The van der Waals surface area contributed by atoms with Crippen molar-refractivity contribution in [1.82, 2.24) is 15.5 Å². The summed E-state index contributed by atoms with van der Waals surface area (Å²) in [5, 5.41) is 25.0. The van der Waals surface area contributed by atoms with Crippen LogP contribution in [0.3, 0.4) is 0 Å². The van der Waals surface area contributed by atoms with Crippen molar-refractivity contribution < 1.29 is 19.4 Å². The third-order valence-corrected chi connectivity index (χ3v) is 8.54. The molecule has 2 aliphatic carbocycles. The molecular formula is C32H39N5O4. The van der Waals surface area contributed by atoms with Crippen LogP contribution in [0.2, 0.25) is 0 Å². The van der Waals surface area contributed by atoms with Crippen LogP contribution in [0.4, 0.5) is 10.6 Å². The highest BCUT2D eigenvalue weighted by atomic mass is 16.5. The van der Waals surface area contributed by atoms with Gasteiger partial charge in [-0.25, -0.2) is 4.79 Å². The van der Waals surface area contributed by atoms with Crippen molar-refractivity contribution in [2.45, 2.75) is 75.5 Å². The number of nitrogens with one attached hydrogen (secondary N) is 2. The number of benzene rings is 2. The normalized spacial score (nSPS) is 27.4. The Morgan fingerprint density at radius 2 is 1.66 bits per heavy atom. The van der Waals surface area contributed by atoms with Crippen LogP contribution in [0.1, 0.15) is 64.4 Å². The molecule has 0 atom stereocenters. The molecular weight excluding hydrogens is 518 g/mol. The van der Waals surface area contributed by atoms with Gasteiger partial charge in [0.25, 0.3) is 0 Å². The SMILES string of the molecule is COC(=O)NC1(C)CCC(CC(=O)Nc2cc(-c3ccccc3)c(-c3ccc(C4(N)CC(C)(O)C4)cc3)nn2)CC1. The molecule has 0 spiro atoms. The Labute approximate surface area is 240 Å². The van der Waals surface area contributed by atoms with E-state index >= 15 is 0 Å². The van der Waals surface area contributed by atoms with Crippen molar-refractivity contribution >= 4 is 17.8 Å². The van der Waals surface area contributed by atoms with Gasteiger partial charge in [-0.2, -0.15) is 0 Å². The summed E-state index contributed by atoms with van der Waals surface area (Å²) < 4.78 is 4.75. The number of carbonyl (C=O) groups is 2. The summed E-state index contributed by atoms with van der Waals surface area (Å²) in [6, 6.07) is 19.7. The molecule has 41 heavy (non-hydrogen) atoms. The van der Waals surface area contributed by atoms with E-state index in [-0.39, 0.29) is 17.4 Å². The van der Waals surface area contributed by atoms with Crippen LogP contribution in [0.5, 0.6) is 0 Å². The lowest BCUT2D eigenvalue weighted by molar-refractivity contribution is -0.117. The average molecular weight is 558 g/mol. The highest BCUT2D eigenvalue weighted by Crippen LogP contribution is 2.46. The van der Waals surface area contributed by atoms with Crippen LogP contribution in [0.15, 0.2) is 60.7 Å². The van der Waals surface area contributed by atoms with Gasteiger partial charge < -0.3 is 26.2 Å². The average Bonchev–Trinajstić information content (AvgIpc) is 2.94. The second-order valence-electron chi connectivity index (χ2n) is 12.3. The van der Waals surface area contributed by atoms with E-state index in [1.165, 1.54) is 7.11 Å². The van der Waals surface area contributed by atoms with Crippen LogP contribution in [-0.2, 0) is 15.1 Å². The number of methoxy groups -OCH3 is 1. The second kappa shape index (κ2) is 11.2. The molecule has 1 heterocycles. The molecule has 9 heteroatoms. The van der Waals surface area contributed by atoms with Crippen molar-refractivity contribution in [2.75, 3.05) is 12.4 Å². The minimum absolute atomic E-state index is 0.102. The number of hydrogen-bond acceptors (Lipinski definition) is 7.